The first-order valence-electron chi connectivity index (χ1n) is 7.20. The van der Waals surface area contributed by atoms with Gasteiger partial charge in [-0.1, -0.05) is 31.0 Å². The van der Waals surface area contributed by atoms with Crippen LogP contribution in [0.2, 0.25) is 0 Å². The normalized spacial score (nSPS) is 17.0. The SMILES string of the molecule is O=C(NCC1(O)CCCC1)c1c[nH]c(=O)c2ccccc12. The number of aliphatic hydroxyl groups is 1. The summed E-state index contributed by atoms with van der Waals surface area (Å²) >= 11 is 0. The van der Waals surface area contributed by atoms with Crippen molar-refractivity contribution in [1.29, 1.82) is 0 Å². The van der Waals surface area contributed by atoms with Gasteiger partial charge in [-0.3, -0.25) is 9.59 Å². The highest BCUT2D eigenvalue weighted by Crippen LogP contribution is 2.28. The Bertz CT molecular complexity index is 730. The lowest BCUT2D eigenvalue weighted by molar-refractivity contribution is 0.0450. The highest BCUT2D eigenvalue weighted by molar-refractivity contribution is 6.06. The Morgan fingerprint density at radius 1 is 1.24 bits per heavy atom. The van der Waals surface area contributed by atoms with Crippen LogP contribution in [-0.4, -0.2) is 28.1 Å². The van der Waals surface area contributed by atoms with Crippen molar-refractivity contribution in [3.05, 3.63) is 46.4 Å². The summed E-state index contributed by atoms with van der Waals surface area (Å²) in [6, 6.07) is 7.00. The molecule has 1 aliphatic carbocycles. The molecule has 0 aliphatic heterocycles. The highest BCUT2D eigenvalue weighted by Gasteiger charge is 2.31. The largest absolute Gasteiger partial charge is 0.388 e. The fraction of sp³-hybridized carbons (Fsp3) is 0.375. The van der Waals surface area contributed by atoms with Crippen molar-refractivity contribution in [1.82, 2.24) is 10.3 Å². The molecule has 0 atom stereocenters. The van der Waals surface area contributed by atoms with Gasteiger partial charge in [0, 0.05) is 23.5 Å². The molecule has 2 aromatic rings. The molecular weight excluding hydrogens is 268 g/mol. The van der Waals surface area contributed by atoms with Crippen molar-refractivity contribution in [2.75, 3.05) is 6.54 Å². The fourth-order valence-corrected chi connectivity index (χ4v) is 2.95. The molecule has 110 valence electrons. The highest BCUT2D eigenvalue weighted by atomic mass is 16.3. The molecule has 0 saturated heterocycles. The van der Waals surface area contributed by atoms with Crippen LogP contribution < -0.4 is 10.9 Å². The Labute approximate surface area is 122 Å². The maximum atomic E-state index is 12.3. The van der Waals surface area contributed by atoms with Crippen molar-refractivity contribution >= 4 is 16.7 Å². The van der Waals surface area contributed by atoms with Crippen LogP contribution in [0.4, 0.5) is 0 Å². The first kappa shape index (κ1) is 13.8. The second kappa shape index (κ2) is 5.33. The van der Waals surface area contributed by atoms with Gasteiger partial charge in [-0.15, -0.1) is 0 Å². The van der Waals surface area contributed by atoms with E-state index < -0.39 is 5.60 Å². The zero-order valence-corrected chi connectivity index (χ0v) is 11.7. The monoisotopic (exact) mass is 286 g/mol. The summed E-state index contributed by atoms with van der Waals surface area (Å²) in [7, 11) is 0. The average molecular weight is 286 g/mol. The predicted molar refractivity (Wildman–Crippen MR) is 80.3 cm³/mol. The molecule has 21 heavy (non-hydrogen) atoms. The molecular formula is C16H18N2O3. The molecule has 1 fully saturated rings. The van der Waals surface area contributed by atoms with E-state index in [1.807, 2.05) is 0 Å². The topological polar surface area (TPSA) is 82.2 Å². The molecule has 3 rings (SSSR count). The van der Waals surface area contributed by atoms with Gasteiger partial charge in [-0.05, 0) is 18.9 Å². The van der Waals surface area contributed by atoms with Crippen LogP contribution in [0.3, 0.4) is 0 Å². The summed E-state index contributed by atoms with van der Waals surface area (Å²) in [5, 5.41) is 14.2. The molecule has 0 radical (unpaired) electrons. The van der Waals surface area contributed by atoms with Gasteiger partial charge in [0.05, 0.1) is 11.2 Å². The van der Waals surface area contributed by atoms with E-state index in [2.05, 4.69) is 10.3 Å². The first-order chi connectivity index (χ1) is 10.1. The molecule has 1 heterocycles. The number of nitrogens with one attached hydrogen (secondary N) is 2. The molecule has 1 aliphatic rings. The molecule has 1 amide bonds. The number of aromatic nitrogens is 1. The lowest BCUT2D eigenvalue weighted by Gasteiger charge is -2.22. The summed E-state index contributed by atoms with van der Waals surface area (Å²) in [6.07, 6.45) is 4.86. The first-order valence-corrected chi connectivity index (χ1v) is 7.20. The Morgan fingerprint density at radius 3 is 2.62 bits per heavy atom. The smallest absolute Gasteiger partial charge is 0.255 e. The lowest BCUT2D eigenvalue weighted by Crippen LogP contribution is -2.41. The minimum atomic E-state index is -0.784. The molecule has 1 aromatic heterocycles. The number of hydrogen-bond acceptors (Lipinski definition) is 3. The third-order valence-corrected chi connectivity index (χ3v) is 4.17. The molecule has 1 aromatic carbocycles. The van der Waals surface area contributed by atoms with Crippen LogP contribution in [0.15, 0.2) is 35.3 Å². The van der Waals surface area contributed by atoms with Crippen LogP contribution >= 0.6 is 0 Å². The average Bonchev–Trinajstić information content (AvgIpc) is 2.93. The van der Waals surface area contributed by atoms with Crippen LogP contribution in [0, 0.1) is 0 Å². The van der Waals surface area contributed by atoms with E-state index >= 15 is 0 Å². The van der Waals surface area contributed by atoms with Crippen molar-refractivity contribution in [2.45, 2.75) is 31.3 Å². The number of pyridine rings is 1. The Morgan fingerprint density at radius 2 is 1.90 bits per heavy atom. The second-order valence-corrected chi connectivity index (χ2v) is 5.69. The van der Waals surface area contributed by atoms with E-state index in [1.54, 1.807) is 24.3 Å². The fourth-order valence-electron chi connectivity index (χ4n) is 2.95. The minimum absolute atomic E-state index is 0.212. The van der Waals surface area contributed by atoms with Crippen LogP contribution in [0.1, 0.15) is 36.0 Å². The van der Waals surface area contributed by atoms with Crippen molar-refractivity contribution < 1.29 is 9.90 Å². The Hall–Kier alpha value is -2.14. The number of fused-ring (bicyclic) bond motifs is 1. The summed E-state index contributed by atoms with van der Waals surface area (Å²) in [5.74, 6) is -0.275. The summed E-state index contributed by atoms with van der Waals surface area (Å²) < 4.78 is 0. The summed E-state index contributed by atoms with van der Waals surface area (Å²) in [6.45, 7) is 0.249. The number of aromatic amines is 1. The number of benzene rings is 1. The van der Waals surface area contributed by atoms with E-state index in [0.717, 1.165) is 25.7 Å². The predicted octanol–water partition coefficient (Wildman–Crippen LogP) is 1.56. The quantitative estimate of drug-likeness (QED) is 0.801. The van der Waals surface area contributed by atoms with Gasteiger partial charge >= 0.3 is 0 Å². The zero-order chi connectivity index (χ0) is 14.9. The maximum Gasteiger partial charge on any atom is 0.255 e. The minimum Gasteiger partial charge on any atom is -0.388 e. The summed E-state index contributed by atoms with van der Waals surface area (Å²) in [4.78, 5) is 26.7. The molecule has 0 bridgehead atoms. The van der Waals surface area contributed by atoms with Gasteiger partial charge in [-0.2, -0.15) is 0 Å². The van der Waals surface area contributed by atoms with Gasteiger partial charge in [0.15, 0.2) is 0 Å². The van der Waals surface area contributed by atoms with Crippen molar-refractivity contribution in [3.63, 3.8) is 0 Å². The number of carbonyl (C=O) groups excluding carboxylic acids is 1. The number of H-pyrrole nitrogens is 1. The number of carbonyl (C=O) groups is 1. The number of hydrogen-bond donors (Lipinski definition) is 3. The molecule has 3 N–H and O–H groups in total. The van der Waals surface area contributed by atoms with Gasteiger partial charge in [-0.25, -0.2) is 0 Å². The van der Waals surface area contributed by atoms with E-state index in [-0.39, 0.29) is 18.0 Å². The third-order valence-electron chi connectivity index (χ3n) is 4.17. The van der Waals surface area contributed by atoms with Gasteiger partial charge < -0.3 is 15.4 Å². The van der Waals surface area contributed by atoms with Gasteiger partial charge in [0.25, 0.3) is 11.5 Å². The van der Waals surface area contributed by atoms with Crippen LogP contribution in [-0.2, 0) is 0 Å². The lowest BCUT2D eigenvalue weighted by atomic mass is 10.0. The van der Waals surface area contributed by atoms with Crippen LogP contribution in [0.25, 0.3) is 10.8 Å². The Kier molecular flexibility index (Phi) is 3.51. The second-order valence-electron chi connectivity index (χ2n) is 5.69. The van der Waals surface area contributed by atoms with Crippen LogP contribution in [0.5, 0.6) is 0 Å². The van der Waals surface area contributed by atoms with E-state index in [1.165, 1.54) is 6.20 Å². The maximum absolute atomic E-state index is 12.3. The molecule has 5 heteroatoms. The van der Waals surface area contributed by atoms with Gasteiger partial charge in [0.1, 0.15) is 0 Å². The van der Waals surface area contributed by atoms with Crippen molar-refractivity contribution in [3.8, 4) is 0 Å². The molecule has 0 unspecified atom stereocenters. The van der Waals surface area contributed by atoms with Gasteiger partial charge in [0.2, 0.25) is 0 Å². The molecule has 1 saturated carbocycles. The molecule has 5 nitrogen and oxygen atoms in total. The standard InChI is InChI=1S/C16H18N2O3/c19-14-12-6-2-1-5-11(12)13(9-17-14)15(20)18-10-16(21)7-3-4-8-16/h1-2,5-6,9,21H,3-4,7-8,10H2,(H,17,19)(H,18,20). The Balaban J connectivity index is 1.85. The number of amides is 1. The van der Waals surface area contributed by atoms with E-state index in [0.29, 0.717) is 16.3 Å². The zero-order valence-electron chi connectivity index (χ0n) is 11.7. The van der Waals surface area contributed by atoms with E-state index in [9.17, 15) is 14.7 Å². The van der Waals surface area contributed by atoms with Crippen molar-refractivity contribution in [2.24, 2.45) is 0 Å². The van der Waals surface area contributed by atoms with E-state index in [4.69, 9.17) is 0 Å². The molecule has 0 spiro atoms. The summed E-state index contributed by atoms with van der Waals surface area (Å²) in [5.41, 5.74) is -0.573. The third kappa shape index (κ3) is 2.69. The number of rotatable bonds is 3.